The minimum atomic E-state index is -0.651. The molecule has 1 fully saturated rings. The van der Waals surface area contributed by atoms with Crippen molar-refractivity contribution in [3.05, 3.63) is 29.8 Å². The third kappa shape index (κ3) is 3.16. The maximum absolute atomic E-state index is 13.1. The Hall–Kier alpha value is -1.16. The lowest BCUT2D eigenvalue weighted by molar-refractivity contribution is 0.297. The quantitative estimate of drug-likeness (QED) is 0.756. The third-order valence-corrected chi connectivity index (χ3v) is 2.26. The Morgan fingerprint density at radius 3 is 2.80 bits per heavy atom. The van der Waals surface area contributed by atoms with E-state index in [4.69, 9.17) is 4.74 Å². The summed E-state index contributed by atoms with van der Waals surface area (Å²) >= 11 is 0. The molecule has 0 bridgehead atoms. The molecule has 82 valence electrons. The molecule has 4 heteroatoms. The summed E-state index contributed by atoms with van der Waals surface area (Å²) in [6, 6.07) is 3.93. The van der Waals surface area contributed by atoms with Gasteiger partial charge in [0.1, 0.15) is 12.4 Å². The summed E-state index contributed by atoms with van der Waals surface area (Å²) in [7, 11) is 0. The second kappa shape index (κ2) is 4.57. The molecule has 0 aromatic heterocycles. The highest BCUT2D eigenvalue weighted by molar-refractivity contribution is 5.24. The molecule has 15 heavy (non-hydrogen) atoms. The van der Waals surface area contributed by atoms with Gasteiger partial charge in [-0.15, -0.1) is 0 Å². The van der Waals surface area contributed by atoms with Gasteiger partial charge in [-0.3, -0.25) is 0 Å². The topological polar surface area (TPSA) is 21.3 Å². The summed E-state index contributed by atoms with van der Waals surface area (Å²) in [5, 5.41) is 3.24. The summed E-state index contributed by atoms with van der Waals surface area (Å²) in [4.78, 5) is 0. The summed E-state index contributed by atoms with van der Waals surface area (Å²) in [6.07, 6.45) is 2.43. The third-order valence-electron chi connectivity index (χ3n) is 2.26. The molecule has 0 radical (unpaired) electrons. The Morgan fingerprint density at radius 1 is 1.33 bits per heavy atom. The number of hydrogen-bond acceptors (Lipinski definition) is 2. The first kappa shape index (κ1) is 10.4. The molecule has 0 heterocycles. The van der Waals surface area contributed by atoms with Crippen LogP contribution in [0, 0.1) is 11.6 Å². The van der Waals surface area contributed by atoms with E-state index in [2.05, 4.69) is 5.32 Å². The van der Waals surface area contributed by atoms with Gasteiger partial charge < -0.3 is 10.1 Å². The lowest BCUT2D eigenvalue weighted by Crippen LogP contribution is -2.23. The molecule has 0 spiro atoms. The van der Waals surface area contributed by atoms with Crippen LogP contribution in [0.3, 0.4) is 0 Å². The number of halogens is 2. The van der Waals surface area contributed by atoms with Crippen LogP contribution in [0.2, 0.25) is 0 Å². The van der Waals surface area contributed by atoms with Crippen molar-refractivity contribution in [2.75, 3.05) is 13.2 Å². The number of nitrogens with one attached hydrogen (secondary N) is 1. The van der Waals surface area contributed by atoms with Crippen molar-refractivity contribution < 1.29 is 13.5 Å². The average molecular weight is 213 g/mol. The smallest absolute Gasteiger partial charge is 0.167 e. The molecule has 1 aliphatic rings. The van der Waals surface area contributed by atoms with Crippen LogP contribution in [0.5, 0.6) is 5.75 Å². The van der Waals surface area contributed by atoms with Crippen LogP contribution in [0.25, 0.3) is 0 Å². The molecule has 0 atom stereocenters. The van der Waals surface area contributed by atoms with Gasteiger partial charge in [0.25, 0.3) is 0 Å². The van der Waals surface area contributed by atoms with E-state index in [0.717, 1.165) is 6.07 Å². The standard InChI is InChI=1S/C11H13F2NO/c12-8-1-4-11(10(13)7-8)15-6-5-14-9-2-3-9/h1,4,7,9,14H,2-3,5-6H2. The zero-order valence-electron chi connectivity index (χ0n) is 8.30. The Morgan fingerprint density at radius 2 is 2.13 bits per heavy atom. The van der Waals surface area contributed by atoms with Crippen molar-refractivity contribution in [2.45, 2.75) is 18.9 Å². The predicted octanol–water partition coefficient (Wildman–Crippen LogP) is 2.10. The molecule has 1 aromatic carbocycles. The van der Waals surface area contributed by atoms with Crippen LogP contribution >= 0.6 is 0 Å². The van der Waals surface area contributed by atoms with Crippen LogP contribution < -0.4 is 10.1 Å². The van der Waals surface area contributed by atoms with Gasteiger partial charge in [-0.05, 0) is 25.0 Å². The fourth-order valence-corrected chi connectivity index (χ4v) is 1.30. The fraction of sp³-hybridized carbons (Fsp3) is 0.455. The minimum absolute atomic E-state index is 0.106. The molecule has 0 saturated heterocycles. The van der Waals surface area contributed by atoms with Gasteiger partial charge in [0.15, 0.2) is 11.6 Å². The van der Waals surface area contributed by atoms with Crippen LogP contribution in [0.1, 0.15) is 12.8 Å². The minimum Gasteiger partial charge on any atom is -0.489 e. The lowest BCUT2D eigenvalue weighted by Gasteiger charge is -2.07. The second-order valence-electron chi connectivity index (χ2n) is 3.65. The van der Waals surface area contributed by atoms with Crippen molar-refractivity contribution in [1.82, 2.24) is 5.32 Å². The zero-order valence-corrected chi connectivity index (χ0v) is 8.30. The molecule has 0 amide bonds. The van der Waals surface area contributed by atoms with E-state index < -0.39 is 11.6 Å². The molecule has 0 unspecified atom stereocenters. The molecule has 1 aliphatic carbocycles. The number of hydrogen-bond donors (Lipinski definition) is 1. The summed E-state index contributed by atoms with van der Waals surface area (Å²) in [5.41, 5.74) is 0. The fourth-order valence-electron chi connectivity index (χ4n) is 1.30. The second-order valence-corrected chi connectivity index (χ2v) is 3.65. The van der Waals surface area contributed by atoms with Gasteiger partial charge in [0, 0.05) is 18.7 Å². The van der Waals surface area contributed by atoms with Gasteiger partial charge in [0.2, 0.25) is 0 Å². The Kier molecular flexibility index (Phi) is 3.16. The van der Waals surface area contributed by atoms with Crippen molar-refractivity contribution in [3.63, 3.8) is 0 Å². The lowest BCUT2D eigenvalue weighted by atomic mass is 10.3. The molecule has 2 nitrogen and oxygen atoms in total. The molecule has 2 rings (SSSR count). The molecule has 0 aliphatic heterocycles. The summed E-state index contributed by atoms with van der Waals surface area (Å²) in [5.74, 6) is -1.13. The van der Waals surface area contributed by atoms with Crippen LogP contribution in [-0.2, 0) is 0 Å². The van der Waals surface area contributed by atoms with E-state index in [1.54, 1.807) is 0 Å². The monoisotopic (exact) mass is 213 g/mol. The number of benzene rings is 1. The highest BCUT2D eigenvalue weighted by Gasteiger charge is 2.19. The van der Waals surface area contributed by atoms with Gasteiger partial charge in [0.05, 0.1) is 0 Å². The van der Waals surface area contributed by atoms with Crippen molar-refractivity contribution >= 4 is 0 Å². The van der Waals surface area contributed by atoms with Gasteiger partial charge in [-0.2, -0.15) is 0 Å². The van der Waals surface area contributed by atoms with E-state index >= 15 is 0 Å². The Bertz CT molecular complexity index is 339. The maximum atomic E-state index is 13.1. The Labute approximate surface area is 87.2 Å². The largest absolute Gasteiger partial charge is 0.489 e. The van der Waals surface area contributed by atoms with Gasteiger partial charge in [-0.1, -0.05) is 0 Å². The number of rotatable bonds is 5. The van der Waals surface area contributed by atoms with E-state index in [-0.39, 0.29) is 5.75 Å². The first-order valence-electron chi connectivity index (χ1n) is 5.07. The molecular weight excluding hydrogens is 200 g/mol. The van der Waals surface area contributed by atoms with Gasteiger partial charge in [-0.25, -0.2) is 8.78 Å². The molecular formula is C11H13F2NO. The highest BCUT2D eigenvalue weighted by Crippen LogP contribution is 2.19. The van der Waals surface area contributed by atoms with Crippen LogP contribution in [0.15, 0.2) is 18.2 Å². The predicted molar refractivity (Wildman–Crippen MR) is 52.9 cm³/mol. The van der Waals surface area contributed by atoms with E-state index in [0.29, 0.717) is 19.2 Å². The summed E-state index contributed by atoms with van der Waals surface area (Å²) < 4.78 is 30.8. The SMILES string of the molecule is Fc1ccc(OCCNC2CC2)c(F)c1. The summed E-state index contributed by atoms with van der Waals surface area (Å²) in [6.45, 7) is 1.10. The average Bonchev–Trinajstić information content (AvgIpc) is 2.99. The van der Waals surface area contributed by atoms with Crippen molar-refractivity contribution in [1.29, 1.82) is 0 Å². The molecule has 1 N–H and O–H groups in total. The van der Waals surface area contributed by atoms with E-state index in [1.165, 1.54) is 25.0 Å². The van der Waals surface area contributed by atoms with Crippen molar-refractivity contribution in [2.24, 2.45) is 0 Å². The molecule has 1 saturated carbocycles. The normalized spacial score (nSPS) is 15.3. The number of ether oxygens (including phenoxy) is 1. The highest BCUT2D eigenvalue weighted by atomic mass is 19.1. The molecule has 1 aromatic rings. The van der Waals surface area contributed by atoms with Crippen molar-refractivity contribution in [3.8, 4) is 5.75 Å². The van der Waals surface area contributed by atoms with Gasteiger partial charge >= 0.3 is 0 Å². The Balaban J connectivity index is 1.76. The maximum Gasteiger partial charge on any atom is 0.167 e. The first-order chi connectivity index (χ1) is 7.25. The van der Waals surface area contributed by atoms with E-state index in [9.17, 15) is 8.78 Å². The van der Waals surface area contributed by atoms with E-state index in [1.807, 2.05) is 0 Å². The zero-order chi connectivity index (χ0) is 10.7. The van der Waals surface area contributed by atoms with Crippen LogP contribution in [-0.4, -0.2) is 19.2 Å². The van der Waals surface area contributed by atoms with Crippen LogP contribution in [0.4, 0.5) is 8.78 Å². The first-order valence-corrected chi connectivity index (χ1v) is 5.07.